The van der Waals surface area contributed by atoms with Crippen LogP contribution in [-0.2, 0) is 9.53 Å². The van der Waals surface area contributed by atoms with Crippen molar-refractivity contribution in [3.05, 3.63) is 0 Å². The molecule has 3 unspecified atom stereocenters. The molecule has 0 aromatic rings. The number of likely N-dealkylation sites (tertiary alicyclic amines) is 1. The number of hydrogen-bond donors (Lipinski definition) is 2. The monoisotopic (exact) mass is 255 g/mol. The van der Waals surface area contributed by atoms with E-state index in [2.05, 4.69) is 10.2 Å². The van der Waals surface area contributed by atoms with Crippen molar-refractivity contribution in [2.24, 2.45) is 11.7 Å². The van der Waals surface area contributed by atoms with Gasteiger partial charge in [-0.25, -0.2) is 0 Å². The highest BCUT2D eigenvalue weighted by atomic mass is 16.5. The number of ether oxygens (including phenoxy) is 1. The highest BCUT2D eigenvalue weighted by Gasteiger charge is 2.26. The first-order valence-corrected chi connectivity index (χ1v) is 7.01. The molecule has 2 saturated heterocycles. The Morgan fingerprint density at radius 3 is 3.00 bits per heavy atom. The molecule has 2 aliphatic heterocycles. The molecule has 18 heavy (non-hydrogen) atoms. The van der Waals surface area contributed by atoms with Crippen LogP contribution in [0, 0.1) is 5.92 Å². The molecule has 5 nitrogen and oxygen atoms in total. The third-order valence-electron chi connectivity index (χ3n) is 3.97. The third-order valence-corrected chi connectivity index (χ3v) is 3.97. The molecule has 0 aromatic heterocycles. The molecule has 2 rings (SSSR count). The maximum atomic E-state index is 11.8. The quantitative estimate of drug-likeness (QED) is 0.723. The lowest BCUT2D eigenvalue weighted by atomic mass is 10.0. The summed E-state index contributed by atoms with van der Waals surface area (Å²) >= 11 is 0. The van der Waals surface area contributed by atoms with Crippen molar-refractivity contribution < 1.29 is 9.53 Å². The Bertz CT molecular complexity index is 277. The van der Waals surface area contributed by atoms with Gasteiger partial charge >= 0.3 is 0 Å². The van der Waals surface area contributed by atoms with Crippen molar-refractivity contribution in [1.82, 2.24) is 10.2 Å². The van der Waals surface area contributed by atoms with Crippen LogP contribution >= 0.6 is 0 Å². The molecule has 2 aliphatic rings. The fraction of sp³-hybridized carbons (Fsp3) is 0.923. The number of carbonyl (C=O) groups is 1. The largest absolute Gasteiger partial charge is 0.376 e. The molecular formula is C13H25N3O2. The Balaban J connectivity index is 1.62. The van der Waals surface area contributed by atoms with Crippen LogP contribution in [0.4, 0.5) is 0 Å². The standard InChI is InChI=1S/C13H25N3O2/c1-10(14)11-4-5-16(8-11)9-13(17)15-7-12-3-2-6-18-12/h10-12H,2-9,14H2,1H3,(H,15,17). The fourth-order valence-corrected chi connectivity index (χ4v) is 2.73. The molecule has 0 bridgehead atoms. The average molecular weight is 255 g/mol. The maximum Gasteiger partial charge on any atom is 0.234 e. The molecule has 0 saturated carbocycles. The van der Waals surface area contributed by atoms with Crippen molar-refractivity contribution in [1.29, 1.82) is 0 Å². The van der Waals surface area contributed by atoms with E-state index in [0.29, 0.717) is 19.0 Å². The van der Waals surface area contributed by atoms with E-state index in [4.69, 9.17) is 10.5 Å². The van der Waals surface area contributed by atoms with Crippen molar-refractivity contribution >= 4 is 5.91 Å². The van der Waals surface area contributed by atoms with Gasteiger partial charge in [-0.3, -0.25) is 9.69 Å². The Morgan fingerprint density at radius 1 is 1.56 bits per heavy atom. The van der Waals surface area contributed by atoms with Gasteiger partial charge in [0.15, 0.2) is 0 Å². The van der Waals surface area contributed by atoms with Crippen LogP contribution in [0.25, 0.3) is 0 Å². The number of amides is 1. The van der Waals surface area contributed by atoms with E-state index in [1.54, 1.807) is 0 Å². The summed E-state index contributed by atoms with van der Waals surface area (Å²) in [5, 5.41) is 2.96. The van der Waals surface area contributed by atoms with E-state index >= 15 is 0 Å². The molecule has 1 amide bonds. The maximum absolute atomic E-state index is 11.8. The van der Waals surface area contributed by atoms with Crippen LogP contribution in [0.5, 0.6) is 0 Å². The van der Waals surface area contributed by atoms with E-state index in [-0.39, 0.29) is 18.1 Å². The van der Waals surface area contributed by atoms with Crippen molar-refractivity contribution in [2.45, 2.75) is 38.3 Å². The van der Waals surface area contributed by atoms with Crippen LogP contribution in [0.1, 0.15) is 26.2 Å². The minimum absolute atomic E-state index is 0.107. The molecule has 2 heterocycles. The van der Waals surface area contributed by atoms with Gasteiger partial charge in [0.2, 0.25) is 5.91 Å². The van der Waals surface area contributed by atoms with Gasteiger partial charge < -0.3 is 15.8 Å². The van der Waals surface area contributed by atoms with Crippen LogP contribution in [0.3, 0.4) is 0 Å². The minimum Gasteiger partial charge on any atom is -0.376 e. The number of carbonyl (C=O) groups excluding carboxylic acids is 1. The second kappa shape index (κ2) is 6.50. The Kier molecular flexibility index (Phi) is 4.97. The Morgan fingerprint density at radius 2 is 2.39 bits per heavy atom. The van der Waals surface area contributed by atoms with Crippen molar-refractivity contribution in [3.8, 4) is 0 Å². The van der Waals surface area contributed by atoms with E-state index in [1.807, 2.05) is 6.92 Å². The number of nitrogens with two attached hydrogens (primary N) is 1. The van der Waals surface area contributed by atoms with Crippen LogP contribution < -0.4 is 11.1 Å². The predicted molar refractivity (Wildman–Crippen MR) is 70.2 cm³/mol. The molecule has 5 heteroatoms. The van der Waals surface area contributed by atoms with E-state index < -0.39 is 0 Å². The molecular weight excluding hydrogens is 230 g/mol. The van der Waals surface area contributed by atoms with Gasteiger partial charge in [0.1, 0.15) is 0 Å². The zero-order valence-electron chi connectivity index (χ0n) is 11.2. The summed E-state index contributed by atoms with van der Waals surface area (Å²) in [4.78, 5) is 14.0. The second-order valence-electron chi connectivity index (χ2n) is 5.58. The normalized spacial score (nSPS) is 30.6. The summed E-state index contributed by atoms with van der Waals surface area (Å²) in [7, 11) is 0. The highest BCUT2D eigenvalue weighted by molar-refractivity contribution is 5.78. The summed E-state index contributed by atoms with van der Waals surface area (Å²) in [6.07, 6.45) is 3.51. The van der Waals surface area contributed by atoms with Gasteiger partial charge in [-0.2, -0.15) is 0 Å². The van der Waals surface area contributed by atoms with E-state index in [9.17, 15) is 4.79 Å². The highest BCUT2D eigenvalue weighted by Crippen LogP contribution is 2.18. The second-order valence-corrected chi connectivity index (χ2v) is 5.58. The van der Waals surface area contributed by atoms with Gasteiger partial charge in [-0.15, -0.1) is 0 Å². The molecule has 0 spiro atoms. The molecule has 3 N–H and O–H groups in total. The summed E-state index contributed by atoms with van der Waals surface area (Å²) < 4.78 is 5.48. The van der Waals surface area contributed by atoms with Gasteiger partial charge in [-0.05, 0) is 38.6 Å². The van der Waals surface area contributed by atoms with Crippen LogP contribution in [0.15, 0.2) is 0 Å². The van der Waals surface area contributed by atoms with Gasteiger partial charge in [-0.1, -0.05) is 0 Å². The predicted octanol–water partition coefficient (Wildman–Crippen LogP) is -0.0493. The molecule has 0 aliphatic carbocycles. The topological polar surface area (TPSA) is 67.6 Å². The summed E-state index contributed by atoms with van der Waals surface area (Å²) in [5.41, 5.74) is 5.89. The third kappa shape index (κ3) is 3.93. The average Bonchev–Trinajstić information content (AvgIpc) is 2.96. The van der Waals surface area contributed by atoms with Gasteiger partial charge in [0, 0.05) is 25.7 Å². The first kappa shape index (κ1) is 13.8. The fourth-order valence-electron chi connectivity index (χ4n) is 2.73. The SMILES string of the molecule is CC(N)C1CCN(CC(=O)NCC2CCCO2)C1. The smallest absolute Gasteiger partial charge is 0.234 e. The molecule has 0 radical (unpaired) electrons. The van der Waals surface area contributed by atoms with E-state index in [0.717, 1.165) is 39.0 Å². The molecule has 0 aromatic carbocycles. The van der Waals surface area contributed by atoms with Crippen molar-refractivity contribution in [2.75, 3.05) is 32.8 Å². The lowest BCUT2D eigenvalue weighted by Crippen LogP contribution is -2.40. The number of nitrogens with one attached hydrogen (secondary N) is 1. The lowest BCUT2D eigenvalue weighted by Gasteiger charge is -2.18. The number of rotatable bonds is 5. The zero-order valence-corrected chi connectivity index (χ0v) is 11.2. The Hall–Kier alpha value is -0.650. The van der Waals surface area contributed by atoms with Crippen molar-refractivity contribution in [3.63, 3.8) is 0 Å². The van der Waals surface area contributed by atoms with Crippen LogP contribution in [0.2, 0.25) is 0 Å². The summed E-state index contributed by atoms with van der Waals surface area (Å²) in [5.74, 6) is 0.645. The van der Waals surface area contributed by atoms with Gasteiger partial charge in [0.05, 0.1) is 12.6 Å². The number of nitrogens with zero attached hydrogens (tertiary/aromatic N) is 1. The number of hydrogen-bond acceptors (Lipinski definition) is 4. The molecule has 104 valence electrons. The lowest BCUT2D eigenvalue weighted by molar-refractivity contribution is -0.122. The Labute approximate surface area is 109 Å². The zero-order chi connectivity index (χ0) is 13.0. The summed E-state index contributed by atoms with van der Waals surface area (Å²) in [6.45, 7) is 5.97. The van der Waals surface area contributed by atoms with Gasteiger partial charge in [0.25, 0.3) is 0 Å². The molecule has 3 atom stereocenters. The minimum atomic E-state index is 0.107. The van der Waals surface area contributed by atoms with Crippen LogP contribution in [-0.4, -0.2) is 55.7 Å². The molecule has 2 fully saturated rings. The first-order valence-electron chi connectivity index (χ1n) is 7.01. The van der Waals surface area contributed by atoms with E-state index in [1.165, 1.54) is 0 Å². The first-order chi connectivity index (χ1) is 8.65. The summed E-state index contributed by atoms with van der Waals surface area (Å²) in [6, 6.07) is 0.227.